The molecule has 0 radical (unpaired) electrons. The van der Waals surface area contributed by atoms with Gasteiger partial charge in [-0.2, -0.15) is 0 Å². The Bertz CT molecular complexity index is 749. The highest BCUT2D eigenvalue weighted by Crippen LogP contribution is 2.44. The average molecular weight is 338 g/mol. The van der Waals surface area contributed by atoms with E-state index in [0.717, 1.165) is 37.2 Å². The lowest BCUT2D eigenvalue weighted by molar-refractivity contribution is 0.0541. The van der Waals surface area contributed by atoms with Gasteiger partial charge in [-0.1, -0.05) is 43.7 Å². The quantitative estimate of drug-likeness (QED) is 0.658. The van der Waals surface area contributed by atoms with E-state index in [4.69, 9.17) is 9.47 Å². The van der Waals surface area contributed by atoms with E-state index in [0.29, 0.717) is 6.61 Å². The third-order valence-electron chi connectivity index (χ3n) is 5.57. The number of hydrogen-bond acceptors (Lipinski definition) is 2. The summed E-state index contributed by atoms with van der Waals surface area (Å²) in [7, 11) is 0. The van der Waals surface area contributed by atoms with Crippen LogP contribution in [-0.2, 0) is 13.0 Å². The Morgan fingerprint density at radius 1 is 1.04 bits per heavy atom. The van der Waals surface area contributed by atoms with Crippen LogP contribution in [0.1, 0.15) is 60.9 Å². The molecule has 134 valence electrons. The first-order chi connectivity index (χ1) is 11.9. The van der Waals surface area contributed by atoms with Crippen molar-refractivity contribution < 1.29 is 9.47 Å². The third-order valence-corrected chi connectivity index (χ3v) is 5.57. The molecule has 0 fully saturated rings. The van der Waals surface area contributed by atoms with Gasteiger partial charge in [0.15, 0.2) is 0 Å². The van der Waals surface area contributed by atoms with Crippen LogP contribution in [0.5, 0.6) is 11.5 Å². The maximum Gasteiger partial charge on any atom is 0.127 e. The van der Waals surface area contributed by atoms with Crippen LogP contribution in [0.25, 0.3) is 0 Å². The summed E-state index contributed by atoms with van der Waals surface area (Å²) in [5.74, 6) is 2.13. The average Bonchev–Trinajstić information content (AvgIpc) is 2.60. The van der Waals surface area contributed by atoms with Gasteiger partial charge in [-0.25, -0.2) is 0 Å². The molecule has 2 heteroatoms. The van der Waals surface area contributed by atoms with E-state index in [-0.39, 0.29) is 5.60 Å². The molecule has 1 aliphatic rings. The number of fused-ring (bicyclic) bond motifs is 1. The monoisotopic (exact) mass is 338 g/mol. The fraction of sp³-hybridized carbons (Fsp3) is 0.478. The van der Waals surface area contributed by atoms with E-state index in [2.05, 4.69) is 58.9 Å². The second-order valence-electron chi connectivity index (χ2n) is 7.59. The van der Waals surface area contributed by atoms with Gasteiger partial charge in [0.2, 0.25) is 0 Å². The van der Waals surface area contributed by atoms with Crippen molar-refractivity contribution >= 4 is 0 Å². The Kier molecular flexibility index (Phi) is 5.08. The number of benzene rings is 2. The SMILES string of the molecule is CCC[C@]1(C)CCc2c(C)c(OCc3ccccc3)c(C)c(C)c2O1. The molecule has 0 aliphatic carbocycles. The lowest BCUT2D eigenvalue weighted by Crippen LogP contribution is -2.36. The van der Waals surface area contributed by atoms with E-state index in [1.807, 2.05) is 6.07 Å². The van der Waals surface area contributed by atoms with Crippen molar-refractivity contribution in [3.05, 3.63) is 58.1 Å². The molecule has 2 aromatic carbocycles. The lowest BCUT2D eigenvalue weighted by atomic mass is 9.85. The summed E-state index contributed by atoms with van der Waals surface area (Å²) in [5, 5.41) is 0. The molecule has 0 aromatic heterocycles. The van der Waals surface area contributed by atoms with Gasteiger partial charge in [-0.3, -0.25) is 0 Å². The normalized spacial score (nSPS) is 19.2. The summed E-state index contributed by atoms with van der Waals surface area (Å²) in [6.45, 7) is 11.6. The van der Waals surface area contributed by atoms with Crippen LogP contribution in [0.4, 0.5) is 0 Å². The molecule has 25 heavy (non-hydrogen) atoms. The van der Waals surface area contributed by atoms with Gasteiger partial charge in [-0.05, 0) is 69.2 Å². The first-order valence-corrected chi connectivity index (χ1v) is 9.43. The fourth-order valence-electron chi connectivity index (χ4n) is 3.93. The van der Waals surface area contributed by atoms with Crippen molar-refractivity contribution in [2.75, 3.05) is 0 Å². The van der Waals surface area contributed by atoms with Crippen LogP contribution in [-0.4, -0.2) is 5.60 Å². The van der Waals surface area contributed by atoms with Crippen LogP contribution in [0.3, 0.4) is 0 Å². The predicted octanol–water partition coefficient (Wildman–Crippen LogP) is 6.07. The van der Waals surface area contributed by atoms with Gasteiger partial charge in [0, 0.05) is 5.56 Å². The topological polar surface area (TPSA) is 18.5 Å². The van der Waals surface area contributed by atoms with E-state index >= 15 is 0 Å². The largest absolute Gasteiger partial charge is 0.488 e. The molecule has 1 aliphatic heterocycles. The molecular formula is C23H30O2. The standard InChI is InChI=1S/C23H30O2/c1-6-13-23(5)14-12-20-18(4)21(16(2)17(3)22(20)25-23)24-15-19-10-8-7-9-11-19/h7-11H,6,12-15H2,1-5H3/t23-/m1/s1. The van der Waals surface area contributed by atoms with E-state index in [1.165, 1.54) is 27.8 Å². The number of rotatable bonds is 5. The maximum atomic E-state index is 6.51. The number of hydrogen-bond donors (Lipinski definition) is 0. The Morgan fingerprint density at radius 2 is 1.76 bits per heavy atom. The van der Waals surface area contributed by atoms with Gasteiger partial charge in [0.1, 0.15) is 23.7 Å². The summed E-state index contributed by atoms with van der Waals surface area (Å²) < 4.78 is 12.8. The fourth-order valence-corrected chi connectivity index (χ4v) is 3.93. The molecule has 0 saturated heterocycles. The zero-order valence-electron chi connectivity index (χ0n) is 16.2. The molecule has 1 heterocycles. The Hall–Kier alpha value is -1.96. The van der Waals surface area contributed by atoms with E-state index < -0.39 is 0 Å². The second kappa shape index (κ2) is 7.11. The smallest absolute Gasteiger partial charge is 0.127 e. The van der Waals surface area contributed by atoms with Gasteiger partial charge < -0.3 is 9.47 Å². The first-order valence-electron chi connectivity index (χ1n) is 9.43. The van der Waals surface area contributed by atoms with Crippen molar-refractivity contribution in [3.63, 3.8) is 0 Å². The highest BCUT2D eigenvalue weighted by Gasteiger charge is 2.34. The Morgan fingerprint density at radius 3 is 2.44 bits per heavy atom. The molecule has 0 amide bonds. The van der Waals surface area contributed by atoms with Gasteiger partial charge in [-0.15, -0.1) is 0 Å². The second-order valence-corrected chi connectivity index (χ2v) is 7.59. The van der Waals surface area contributed by atoms with Gasteiger partial charge >= 0.3 is 0 Å². The van der Waals surface area contributed by atoms with E-state index in [9.17, 15) is 0 Å². The lowest BCUT2D eigenvalue weighted by Gasteiger charge is -2.38. The Balaban J connectivity index is 1.91. The van der Waals surface area contributed by atoms with Crippen molar-refractivity contribution in [3.8, 4) is 11.5 Å². The molecule has 1 atom stereocenters. The molecule has 0 N–H and O–H groups in total. The Labute approximate surface area is 152 Å². The summed E-state index contributed by atoms with van der Waals surface area (Å²) in [6.07, 6.45) is 4.41. The molecule has 0 unspecified atom stereocenters. The molecule has 3 rings (SSSR count). The molecule has 0 saturated carbocycles. The van der Waals surface area contributed by atoms with Crippen molar-refractivity contribution in [2.24, 2.45) is 0 Å². The predicted molar refractivity (Wildman–Crippen MR) is 104 cm³/mol. The van der Waals surface area contributed by atoms with E-state index in [1.54, 1.807) is 0 Å². The highest BCUT2D eigenvalue weighted by atomic mass is 16.5. The summed E-state index contributed by atoms with van der Waals surface area (Å²) in [4.78, 5) is 0. The van der Waals surface area contributed by atoms with Crippen molar-refractivity contribution in [1.82, 2.24) is 0 Å². The van der Waals surface area contributed by atoms with Crippen molar-refractivity contribution in [2.45, 2.75) is 72.5 Å². The number of ether oxygens (including phenoxy) is 2. The third kappa shape index (κ3) is 3.53. The van der Waals surface area contributed by atoms with Gasteiger partial charge in [0.05, 0.1) is 0 Å². The molecule has 2 nitrogen and oxygen atoms in total. The molecule has 0 spiro atoms. The first kappa shape index (κ1) is 17.8. The van der Waals surface area contributed by atoms with Crippen molar-refractivity contribution in [1.29, 1.82) is 0 Å². The minimum absolute atomic E-state index is 0.0300. The zero-order valence-corrected chi connectivity index (χ0v) is 16.2. The van der Waals surface area contributed by atoms with Crippen LogP contribution >= 0.6 is 0 Å². The maximum absolute atomic E-state index is 6.51. The summed E-state index contributed by atoms with van der Waals surface area (Å²) in [5.41, 5.74) is 6.17. The zero-order chi connectivity index (χ0) is 18.0. The summed E-state index contributed by atoms with van der Waals surface area (Å²) in [6, 6.07) is 10.4. The van der Waals surface area contributed by atoms with Crippen LogP contribution in [0.15, 0.2) is 30.3 Å². The highest BCUT2D eigenvalue weighted by molar-refractivity contribution is 5.59. The minimum Gasteiger partial charge on any atom is -0.488 e. The van der Waals surface area contributed by atoms with Crippen LogP contribution in [0.2, 0.25) is 0 Å². The minimum atomic E-state index is -0.0300. The molecule has 0 bridgehead atoms. The van der Waals surface area contributed by atoms with Gasteiger partial charge in [0.25, 0.3) is 0 Å². The summed E-state index contributed by atoms with van der Waals surface area (Å²) >= 11 is 0. The van der Waals surface area contributed by atoms with Crippen LogP contribution < -0.4 is 9.47 Å². The molecule has 2 aromatic rings. The van der Waals surface area contributed by atoms with Crippen LogP contribution in [0, 0.1) is 20.8 Å². The molecular weight excluding hydrogens is 308 g/mol.